The standard InChI is InChI=1S/C10H21N3O2/c1-11-4-2-8-15-9-3-6-13-7-5-12-10(13)14/h11H,2-9H2,1H3,(H,12,14). The van der Waals surface area contributed by atoms with Crippen molar-refractivity contribution < 1.29 is 9.53 Å². The Morgan fingerprint density at radius 1 is 1.47 bits per heavy atom. The molecule has 0 spiro atoms. The average Bonchev–Trinajstić information content (AvgIpc) is 2.63. The van der Waals surface area contributed by atoms with E-state index >= 15 is 0 Å². The number of nitrogens with one attached hydrogen (secondary N) is 2. The Labute approximate surface area is 91.2 Å². The van der Waals surface area contributed by atoms with Crippen LogP contribution in [-0.2, 0) is 4.74 Å². The highest BCUT2D eigenvalue weighted by molar-refractivity contribution is 5.76. The van der Waals surface area contributed by atoms with Crippen LogP contribution in [0.5, 0.6) is 0 Å². The molecule has 0 bridgehead atoms. The van der Waals surface area contributed by atoms with Gasteiger partial charge in [-0.25, -0.2) is 4.79 Å². The molecule has 5 heteroatoms. The number of urea groups is 1. The normalized spacial score (nSPS) is 15.8. The second-order valence-corrected chi connectivity index (χ2v) is 3.64. The van der Waals surface area contributed by atoms with E-state index < -0.39 is 0 Å². The van der Waals surface area contributed by atoms with Crippen LogP contribution in [0, 0.1) is 0 Å². The highest BCUT2D eigenvalue weighted by atomic mass is 16.5. The highest BCUT2D eigenvalue weighted by Crippen LogP contribution is 1.98. The summed E-state index contributed by atoms with van der Waals surface area (Å²) >= 11 is 0. The third-order valence-corrected chi connectivity index (χ3v) is 2.38. The lowest BCUT2D eigenvalue weighted by atomic mass is 10.4. The first-order valence-corrected chi connectivity index (χ1v) is 5.59. The number of nitrogens with zero attached hydrogens (tertiary/aromatic N) is 1. The summed E-state index contributed by atoms with van der Waals surface area (Å²) in [7, 11) is 1.94. The Bertz CT molecular complexity index is 188. The van der Waals surface area contributed by atoms with Crippen LogP contribution in [-0.4, -0.2) is 57.4 Å². The number of hydrogen-bond acceptors (Lipinski definition) is 3. The largest absolute Gasteiger partial charge is 0.381 e. The van der Waals surface area contributed by atoms with Crippen LogP contribution >= 0.6 is 0 Å². The minimum Gasteiger partial charge on any atom is -0.381 e. The first-order chi connectivity index (χ1) is 7.34. The lowest BCUT2D eigenvalue weighted by Gasteiger charge is -2.13. The summed E-state index contributed by atoms with van der Waals surface area (Å²) in [5.74, 6) is 0. The Balaban J connectivity index is 1.86. The van der Waals surface area contributed by atoms with E-state index in [1.54, 1.807) is 0 Å². The summed E-state index contributed by atoms with van der Waals surface area (Å²) in [6.45, 7) is 4.95. The molecule has 88 valence electrons. The molecule has 0 saturated carbocycles. The molecule has 0 aromatic heterocycles. The molecule has 15 heavy (non-hydrogen) atoms. The van der Waals surface area contributed by atoms with Crippen molar-refractivity contribution >= 4 is 6.03 Å². The lowest BCUT2D eigenvalue weighted by Crippen LogP contribution is -2.29. The maximum Gasteiger partial charge on any atom is 0.317 e. The van der Waals surface area contributed by atoms with Crippen LogP contribution in [0.25, 0.3) is 0 Å². The van der Waals surface area contributed by atoms with Gasteiger partial charge in [0.1, 0.15) is 0 Å². The Morgan fingerprint density at radius 3 is 2.93 bits per heavy atom. The summed E-state index contributed by atoms with van der Waals surface area (Å²) in [5.41, 5.74) is 0. The van der Waals surface area contributed by atoms with Gasteiger partial charge in [-0.1, -0.05) is 0 Å². The van der Waals surface area contributed by atoms with Gasteiger partial charge in [0.15, 0.2) is 0 Å². The van der Waals surface area contributed by atoms with E-state index in [4.69, 9.17) is 4.74 Å². The highest BCUT2D eigenvalue weighted by Gasteiger charge is 2.17. The van der Waals surface area contributed by atoms with Crippen molar-refractivity contribution in [2.24, 2.45) is 0 Å². The molecule has 1 heterocycles. The predicted octanol–water partition coefficient (Wildman–Crippen LogP) is 0.0278. The molecule has 1 saturated heterocycles. The fourth-order valence-electron chi connectivity index (χ4n) is 1.54. The summed E-state index contributed by atoms with van der Waals surface area (Å²) in [5, 5.41) is 5.84. The quantitative estimate of drug-likeness (QED) is 0.562. The van der Waals surface area contributed by atoms with Gasteiger partial charge in [-0.15, -0.1) is 0 Å². The zero-order chi connectivity index (χ0) is 10.9. The van der Waals surface area contributed by atoms with Crippen molar-refractivity contribution in [2.45, 2.75) is 12.8 Å². The molecule has 5 nitrogen and oxygen atoms in total. The minimum atomic E-state index is 0.0604. The number of rotatable bonds is 8. The van der Waals surface area contributed by atoms with Crippen LogP contribution < -0.4 is 10.6 Å². The molecule has 2 N–H and O–H groups in total. The van der Waals surface area contributed by atoms with E-state index in [0.717, 1.165) is 52.2 Å². The van der Waals surface area contributed by atoms with Gasteiger partial charge in [-0.2, -0.15) is 0 Å². The van der Waals surface area contributed by atoms with Gasteiger partial charge in [0.05, 0.1) is 0 Å². The maximum absolute atomic E-state index is 11.1. The number of amides is 2. The van der Waals surface area contributed by atoms with Gasteiger partial charge in [0.2, 0.25) is 0 Å². The molecule has 0 aromatic rings. The fraction of sp³-hybridized carbons (Fsp3) is 0.900. The summed E-state index contributed by atoms with van der Waals surface area (Å²) in [6, 6.07) is 0.0604. The molecular formula is C10H21N3O2. The number of carbonyl (C=O) groups is 1. The van der Waals surface area contributed by atoms with Crippen molar-refractivity contribution in [1.29, 1.82) is 0 Å². The molecular weight excluding hydrogens is 194 g/mol. The van der Waals surface area contributed by atoms with Gasteiger partial charge in [0.25, 0.3) is 0 Å². The van der Waals surface area contributed by atoms with Gasteiger partial charge in [-0.05, 0) is 26.4 Å². The molecule has 0 aliphatic carbocycles. The van der Waals surface area contributed by atoms with Crippen LogP contribution in [0.3, 0.4) is 0 Å². The van der Waals surface area contributed by atoms with Crippen LogP contribution in [0.1, 0.15) is 12.8 Å². The van der Waals surface area contributed by atoms with Crippen molar-refractivity contribution in [1.82, 2.24) is 15.5 Å². The number of carbonyl (C=O) groups excluding carboxylic acids is 1. The monoisotopic (exact) mass is 215 g/mol. The van der Waals surface area contributed by atoms with Crippen molar-refractivity contribution in [3.63, 3.8) is 0 Å². The minimum absolute atomic E-state index is 0.0604. The second kappa shape index (κ2) is 7.48. The third-order valence-electron chi connectivity index (χ3n) is 2.38. The van der Waals surface area contributed by atoms with E-state index in [1.165, 1.54) is 0 Å². The summed E-state index contributed by atoms with van der Waals surface area (Å²) < 4.78 is 5.43. The second-order valence-electron chi connectivity index (χ2n) is 3.64. The molecule has 1 rings (SSSR count). The molecule has 0 aromatic carbocycles. The Hall–Kier alpha value is -0.810. The zero-order valence-electron chi connectivity index (χ0n) is 9.42. The Morgan fingerprint density at radius 2 is 2.27 bits per heavy atom. The van der Waals surface area contributed by atoms with Crippen molar-refractivity contribution in [3.8, 4) is 0 Å². The van der Waals surface area contributed by atoms with Crippen molar-refractivity contribution in [2.75, 3.05) is 46.4 Å². The third kappa shape index (κ3) is 4.99. The average molecular weight is 215 g/mol. The van der Waals surface area contributed by atoms with Crippen LogP contribution in [0.15, 0.2) is 0 Å². The first kappa shape index (κ1) is 12.3. The lowest BCUT2D eigenvalue weighted by molar-refractivity contribution is 0.123. The van der Waals surface area contributed by atoms with E-state index in [0.29, 0.717) is 0 Å². The summed E-state index contributed by atoms with van der Waals surface area (Å²) in [4.78, 5) is 13.0. The fourth-order valence-corrected chi connectivity index (χ4v) is 1.54. The summed E-state index contributed by atoms with van der Waals surface area (Å²) in [6.07, 6.45) is 1.97. The van der Waals surface area contributed by atoms with Crippen molar-refractivity contribution in [3.05, 3.63) is 0 Å². The molecule has 0 atom stereocenters. The molecule has 1 fully saturated rings. The van der Waals surface area contributed by atoms with Gasteiger partial charge in [-0.3, -0.25) is 0 Å². The zero-order valence-corrected chi connectivity index (χ0v) is 9.42. The molecule has 2 amide bonds. The van der Waals surface area contributed by atoms with E-state index in [2.05, 4.69) is 10.6 Å². The molecule has 0 radical (unpaired) electrons. The topological polar surface area (TPSA) is 53.6 Å². The van der Waals surface area contributed by atoms with Crippen LogP contribution in [0.2, 0.25) is 0 Å². The SMILES string of the molecule is CNCCCOCCCN1CCNC1=O. The van der Waals surface area contributed by atoms with Crippen LogP contribution in [0.4, 0.5) is 4.79 Å². The maximum atomic E-state index is 11.1. The van der Waals surface area contributed by atoms with Gasteiger partial charge < -0.3 is 20.3 Å². The first-order valence-electron chi connectivity index (χ1n) is 5.59. The number of hydrogen-bond donors (Lipinski definition) is 2. The van der Waals surface area contributed by atoms with E-state index in [1.807, 2.05) is 11.9 Å². The predicted molar refractivity (Wildman–Crippen MR) is 59.0 cm³/mol. The van der Waals surface area contributed by atoms with E-state index in [9.17, 15) is 4.79 Å². The van der Waals surface area contributed by atoms with Gasteiger partial charge >= 0.3 is 6.03 Å². The van der Waals surface area contributed by atoms with Gasteiger partial charge in [0, 0.05) is 32.8 Å². The molecule has 0 unspecified atom stereocenters. The molecule has 1 aliphatic heterocycles. The Kier molecular flexibility index (Phi) is 6.11. The molecule has 1 aliphatic rings. The smallest absolute Gasteiger partial charge is 0.317 e. The van der Waals surface area contributed by atoms with E-state index in [-0.39, 0.29) is 6.03 Å². The number of ether oxygens (including phenoxy) is 1.